The molecule has 0 aliphatic carbocycles. The molecule has 7 nitrogen and oxygen atoms in total. The summed E-state index contributed by atoms with van der Waals surface area (Å²) in [6, 6.07) is 10.0. The van der Waals surface area contributed by atoms with Crippen LogP contribution in [-0.4, -0.2) is 36.6 Å². The van der Waals surface area contributed by atoms with Crippen molar-refractivity contribution in [2.45, 2.75) is 19.5 Å². The molecule has 0 atom stereocenters. The number of aromatic nitrogens is 3. The third-order valence-electron chi connectivity index (χ3n) is 4.43. The van der Waals surface area contributed by atoms with Crippen molar-refractivity contribution in [2.24, 2.45) is 0 Å². The van der Waals surface area contributed by atoms with Crippen LogP contribution in [0, 0.1) is 0 Å². The van der Waals surface area contributed by atoms with Gasteiger partial charge in [-0.2, -0.15) is 0 Å². The molecule has 3 N–H and O–H groups in total. The summed E-state index contributed by atoms with van der Waals surface area (Å²) in [5.41, 5.74) is 2.76. The van der Waals surface area contributed by atoms with Gasteiger partial charge in [0, 0.05) is 37.5 Å². The second kappa shape index (κ2) is 6.61. The van der Waals surface area contributed by atoms with Gasteiger partial charge in [-0.3, -0.25) is 14.7 Å². The molecule has 7 heteroatoms. The van der Waals surface area contributed by atoms with Crippen molar-refractivity contribution >= 4 is 0 Å². The first-order valence-electron chi connectivity index (χ1n) is 8.36. The number of phenols is 2. The molecule has 0 saturated carbocycles. The van der Waals surface area contributed by atoms with E-state index in [0.29, 0.717) is 43.1 Å². The van der Waals surface area contributed by atoms with E-state index >= 15 is 0 Å². The number of pyridine rings is 1. The molecule has 26 heavy (non-hydrogen) atoms. The van der Waals surface area contributed by atoms with Crippen molar-refractivity contribution in [3.8, 4) is 23.0 Å². The lowest BCUT2D eigenvalue weighted by molar-refractivity contribution is 0.240. The molecule has 1 aliphatic heterocycles. The predicted molar refractivity (Wildman–Crippen MR) is 95.7 cm³/mol. The van der Waals surface area contributed by atoms with Crippen LogP contribution in [0.15, 0.2) is 47.4 Å². The minimum Gasteiger partial charge on any atom is -0.508 e. The van der Waals surface area contributed by atoms with Crippen LogP contribution in [0.3, 0.4) is 0 Å². The van der Waals surface area contributed by atoms with Gasteiger partial charge >= 0.3 is 0 Å². The number of hydrogen-bond acceptors (Lipinski definition) is 6. The van der Waals surface area contributed by atoms with E-state index in [1.807, 2.05) is 12.1 Å². The normalized spacial score (nSPS) is 14.2. The van der Waals surface area contributed by atoms with E-state index in [9.17, 15) is 15.0 Å². The van der Waals surface area contributed by atoms with Crippen LogP contribution >= 0.6 is 0 Å². The van der Waals surface area contributed by atoms with Gasteiger partial charge < -0.3 is 15.2 Å². The van der Waals surface area contributed by atoms with Crippen LogP contribution < -0.4 is 5.56 Å². The Kier molecular flexibility index (Phi) is 4.14. The van der Waals surface area contributed by atoms with Crippen LogP contribution in [0.1, 0.15) is 16.8 Å². The molecule has 0 unspecified atom stereocenters. The first-order valence-corrected chi connectivity index (χ1v) is 8.36. The number of aromatic amines is 1. The number of nitrogens with zero attached hydrogens (tertiary/aromatic N) is 3. The minimum atomic E-state index is -0.120. The number of fused-ring (bicyclic) bond motifs is 1. The number of phenolic OH excluding ortho intramolecular Hbond substituents is 2. The fourth-order valence-corrected chi connectivity index (χ4v) is 3.26. The third kappa shape index (κ3) is 3.29. The molecule has 132 valence electrons. The molecule has 0 spiro atoms. The molecule has 0 saturated heterocycles. The average molecular weight is 350 g/mol. The predicted octanol–water partition coefficient (Wildman–Crippen LogP) is 1.80. The monoisotopic (exact) mass is 350 g/mol. The summed E-state index contributed by atoms with van der Waals surface area (Å²) in [7, 11) is 0. The first-order chi connectivity index (χ1) is 12.6. The zero-order valence-electron chi connectivity index (χ0n) is 14.0. The van der Waals surface area contributed by atoms with Crippen LogP contribution in [0.4, 0.5) is 0 Å². The molecule has 4 rings (SSSR count). The van der Waals surface area contributed by atoms with Gasteiger partial charge in [0.2, 0.25) is 0 Å². The van der Waals surface area contributed by atoms with Crippen molar-refractivity contribution < 1.29 is 10.2 Å². The second-order valence-corrected chi connectivity index (χ2v) is 6.37. The van der Waals surface area contributed by atoms with E-state index in [1.54, 1.807) is 24.4 Å². The number of nitrogens with one attached hydrogen (secondary N) is 1. The fraction of sp³-hybridized carbons (Fsp3) is 0.211. The van der Waals surface area contributed by atoms with Crippen LogP contribution in [0.25, 0.3) is 11.5 Å². The summed E-state index contributed by atoms with van der Waals surface area (Å²) in [6.07, 6.45) is 2.26. The Hall–Kier alpha value is -3.19. The van der Waals surface area contributed by atoms with Gasteiger partial charge in [0.25, 0.3) is 5.56 Å². The van der Waals surface area contributed by atoms with Gasteiger partial charge in [-0.05, 0) is 36.2 Å². The average Bonchev–Trinajstić information content (AvgIpc) is 2.61. The lowest BCUT2D eigenvalue weighted by Crippen LogP contribution is -2.35. The van der Waals surface area contributed by atoms with Crippen LogP contribution in [-0.2, 0) is 19.5 Å². The topological polar surface area (TPSA) is 102 Å². The Labute approximate surface area is 149 Å². The molecule has 1 aliphatic rings. The maximum atomic E-state index is 12.4. The van der Waals surface area contributed by atoms with Crippen molar-refractivity contribution in [1.82, 2.24) is 19.9 Å². The molecular weight excluding hydrogens is 332 g/mol. The van der Waals surface area contributed by atoms with Gasteiger partial charge in [-0.15, -0.1) is 0 Å². The summed E-state index contributed by atoms with van der Waals surface area (Å²) >= 11 is 0. The van der Waals surface area contributed by atoms with Crippen molar-refractivity contribution in [3.63, 3.8) is 0 Å². The third-order valence-corrected chi connectivity index (χ3v) is 4.43. The summed E-state index contributed by atoms with van der Waals surface area (Å²) in [5.74, 6) is 0.528. The Bertz CT molecular complexity index is 981. The van der Waals surface area contributed by atoms with Gasteiger partial charge in [0.1, 0.15) is 17.2 Å². The highest BCUT2D eigenvalue weighted by Crippen LogP contribution is 2.24. The fourth-order valence-electron chi connectivity index (χ4n) is 3.26. The van der Waals surface area contributed by atoms with Crippen molar-refractivity contribution in [2.75, 3.05) is 6.54 Å². The first kappa shape index (κ1) is 16.3. The van der Waals surface area contributed by atoms with Gasteiger partial charge in [-0.1, -0.05) is 6.07 Å². The summed E-state index contributed by atoms with van der Waals surface area (Å²) in [4.78, 5) is 26.2. The Balaban J connectivity index is 1.61. The molecule has 0 radical (unpaired) electrons. The number of H-pyrrole nitrogens is 1. The Morgan fingerprint density at radius 1 is 1.15 bits per heavy atom. The smallest absolute Gasteiger partial charge is 0.254 e. The lowest BCUT2D eigenvalue weighted by Gasteiger charge is -2.27. The highest BCUT2D eigenvalue weighted by Gasteiger charge is 2.22. The van der Waals surface area contributed by atoms with Crippen LogP contribution in [0.5, 0.6) is 11.5 Å². The van der Waals surface area contributed by atoms with E-state index in [-0.39, 0.29) is 17.1 Å². The summed E-state index contributed by atoms with van der Waals surface area (Å²) < 4.78 is 0. The van der Waals surface area contributed by atoms with Crippen molar-refractivity contribution in [1.29, 1.82) is 0 Å². The Morgan fingerprint density at radius 2 is 1.96 bits per heavy atom. The number of benzene rings is 1. The highest BCUT2D eigenvalue weighted by atomic mass is 16.3. The molecule has 3 aromatic rings. The maximum absolute atomic E-state index is 12.4. The molecule has 0 fully saturated rings. The quantitative estimate of drug-likeness (QED) is 0.666. The number of aromatic hydroxyl groups is 2. The highest BCUT2D eigenvalue weighted by molar-refractivity contribution is 5.49. The van der Waals surface area contributed by atoms with Crippen molar-refractivity contribution in [3.05, 3.63) is 69.8 Å². The van der Waals surface area contributed by atoms with E-state index in [4.69, 9.17) is 0 Å². The number of rotatable bonds is 3. The summed E-state index contributed by atoms with van der Waals surface area (Å²) in [5, 5.41) is 19.3. The molecule has 0 bridgehead atoms. The minimum absolute atomic E-state index is 0.0319. The molecule has 2 aromatic heterocycles. The Morgan fingerprint density at radius 3 is 2.69 bits per heavy atom. The maximum Gasteiger partial charge on any atom is 0.254 e. The van der Waals surface area contributed by atoms with Gasteiger partial charge in [0.05, 0.1) is 5.69 Å². The zero-order valence-corrected chi connectivity index (χ0v) is 14.0. The van der Waals surface area contributed by atoms with Crippen LogP contribution in [0.2, 0.25) is 0 Å². The lowest BCUT2D eigenvalue weighted by atomic mass is 10.1. The number of hydrogen-bond donors (Lipinski definition) is 3. The second-order valence-electron chi connectivity index (χ2n) is 6.37. The largest absolute Gasteiger partial charge is 0.508 e. The van der Waals surface area contributed by atoms with E-state index in [0.717, 1.165) is 11.3 Å². The molecule has 0 amide bonds. The standard InChI is InChI=1S/C19H18N4O3/c24-13-7-12(8-14(25)9-13)10-23-6-4-15-17(11-23)21-18(22-19(15)26)16-3-1-2-5-20-16/h1-3,5,7-9,24-25H,4,6,10-11H2,(H,21,22,26). The zero-order chi connectivity index (χ0) is 18.1. The molecule has 3 heterocycles. The SMILES string of the molecule is O=c1[nH]c(-c2ccccn2)nc2c1CCN(Cc1cc(O)cc(O)c1)C2. The van der Waals surface area contributed by atoms with Gasteiger partial charge in [0.15, 0.2) is 5.82 Å². The van der Waals surface area contributed by atoms with E-state index < -0.39 is 0 Å². The molecular formula is C19H18N4O3. The molecule has 1 aromatic carbocycles. The van der Waals surface area contributed by atoms with E-state index in [1.165, 1.54) is 6.07 Å². The summed E-state index contributed by atoms with van der Waals surface area (Å²) in [6.45, 7) is 1.78. The van der Waals surface area contributed by atoms with Gasteiger partial charge in [-0.25, -0.2) is 4.98 Å². The van der Waals surface area contributed by atoms with E-state index in [2.05, 4.69) is 19.9 Å².